The van der Waals surface area contributed by atoms with Crippen LogP contribution in [0.25, 0.3) is 0 Å². The number of aliphatic hydroxyl groups excluding tert-OH is 1. The van der Waals surface area contributed by atoms with E-state index in [1.54, 1.807) is 4.90 Å². The molecule has 0 radical (unpaired) electrons. The smallest absolute Gasteiger partial charge is 0.406 e. The van der Waals surface area contributed by atoms with Crippen molar-refractivity contribution in [1.82, 2.24) is 0 Å². The van der Waals surface area contributed by atoms with E-state index in [4.69, 9.17) is 4.74 Å². The van der Waals surface area contributed by atoms with Crippen molar-refractivity contribution in [3.05, 3.63) is 24.3 Å². The van der Waals surface area contributed by atoms with Crippen molar-refractivity contribution in [2.45, 2.75) is 64.2 Å². The van der Waals surface area contributed by atoms with Crippen LogP contribution in [-0.2, 0) is 9.53 Å². The molecule has 3 unspecified atom stereocenters. The molecule has 2 fully saturated rings. The molecule has 2 aliphatic rings. The summed E-state index contributed by atoms with van der Waals surface area (Å²) in [6.07, 6.45) is -3.60. The summed E-state index contributed by atoms with van der Waals surface area (Å²) < 4.78 is 46.5. The number of rotatable bonds is 4. The summed E-state index contributed by atoms with van der Waals surface area (Å²) >= 11 is 0. The maximum Gasteiger partial charge on any atom is 0.573 e. The Morgan fingerprint density at radius 3 is 2.48 bits per heavy atom. The summed E-state index contributed by atoms with van der Waals surface area (Å²) in [6.45, 7) is 4.27. The van der Waals surface area contributed by atoms with Crippen molar-refractivity contribution >= 4 is 11.6 Å². The van der Waals surface area contributed by atoms with Crippen LogP contribution in [0.15, 0.2) is 24.3 Å². The third kappa shape index (κ3) is 4.38. The molecule has 150 valence electrons. The second-order valence-electron chi connectivity index (χ2n) is 7.56. The SMILES string of the molecule is CC(C)OC1CC2(CCC1O)CCN(c1ccc(OC(F)(F)F)cc1)C2=O. The normalized spacial score (nSPS) is 29.0. The van der Waals surface area contributed by atoms with E-state index < -0.39 is 17.9 Å². The Balaban J connectivity index is 1.72. The van der Waals surface area contributed by atoms with Gasteiger partial charge in [-0.15, -0.1) is 13.2 Å². The van der Waals surface area contributed by atoms with Gasteiger partial charge in [0.2, 0.25) is 5.91 Å². The lowest BCUT2D eigenvalue weighted by Crippen LogP contribution is -2.46. The van der Waals surface area contributed by atoms with Crippen LogP contribution in [0.4, 0.5) is 18.9 Å². The van der Waals surface area contributed by atoms with Crippen LogP contribution < -0.4 is 9.64 Å². The number of carbonyl (C=O) groups excluding carboxylic acids is 1. The largest absolute Gasteiger partial charge is 0.573 e. The van der Waals surface area contributed by atoms with Crippen molar-refractivity contribution in [3.63, 3.8) is 0 Å². The molecule has 1 spiro atoms. The van der Waals surface area contributed by atoms with Crippen molar-refractivity contribution in [2.24, 2.45) is 5.41 Å². The number of benzene rings is 1. The van der Waals surface area contributed by atoms with Crippen LogP contribution in [-0.4, -0.2) is 42.2 Å². The van der Waals surface area contributed by atoms with Gasteiger partial charge in [-0.3, -0.25) is 4.79 Å². The maximum atomic E-state index is 13.1. The topological polar surface area (TPSA) is 59.0 Å². The van der Waals surface area contributed by atoms with Gasteiger partial charge in [0, 0.05) is 12.2 Å². The van der Waals surface area contributed by atoms with Crippen molar-refractivity contribution < 1.29 is 32.5 Å². The molecule has 1 aromatic carbocycles. The molecule has 1 aliphatic heterocycles. The number of halogens is 3. The van der Waals surface area contributed by atoms with Gasteiger partial charge >= 0.3 is 6.36 Å². The Bertz CT molecular complexity index is 677. The van der Waals surface area contributed by atoms with Gasteiger partial charge in [-0.2, -0.15) is 0 Å². The van der Waals surface area contributed by atoms with E-state index in [1.807, 2.05) is 13.8 Å². The number of ether oxygens (including phenoxy) is 2. The minimum Gasteiger partial charge on any atom is -0.406 e. The van der Waals surface area contributed by atoms with E-state index in [0.717, 1.165) is 0 Å². The molecule has 1 aromatic rings. The number of carbonyl (C=O) groups is 1. The molecule has 1 saturated heterocycles. The minimum atomic E-state index is -4.75. The second kappa shape index (κ2) is 7.31. The molecule has 1 heterocycles. The summed E-state index contributed by atoms with van der Waals surface area (Å²) in [6, 6.07) is 5.32. The van der Waals surface area contributed by atoms with E-state index in [0.29, 0.717) is 37.9 Å². The van der Waals surface area contributed by atoms with Crippen LogP contribution >= 0.6 is 0 Å². The highest BCUT2D eigenvalue weighted by Gasteiger charge is 2.51. The monoisotopic (exact) mass is 387 g/mol. The Labute approximate surface area is 156 Å². The first-order valence-electron chi connectivity index (χ1n) is 9.11. The number of amides is 1. The first-order valence-corrected chi connectivity index (χ1v) is 9.11. The van der Waals surface area contributed by atoms with Gasteiger partial charge in [-0.25, -0.2) is 0 Å². The average molecular weight is 387 g/mol. The van der Waals surface area contributed by atoms with E-state index in [1.165, 1.54) is 24.3 Å². The van der Waals surface area contributed by atoms with E-state index in [-0.39, 0.29) is 23.9 Å². The van der Waals surface area contributed by atoms with E-state index in [2.05, 4.69) is 4.74 Å². The molecule has 27 heavy (non-hydrogen) atoms. The third-order valence-electron chi connectivity index (χ3n) is 5.28. The maximum absolute atomic E-state index is 13.1. The van der Waals surface area contributed by atoms with Gasteiger partial charge in [0.15, 0.2) is 0 Å². The van der Waals surface area contributed by atoms with Crippen LogP contribution in [0.2, 0.25) is 0 Å². The summed E-state index contributed by atoms with van der Waals surface area (Å²) in [7, 11) is 0. The van der Waals surface area contributed by atoms with Crippen molar-refractivity contribution in [2.75, 3.05) is 11.4 Å². The molecule has 1 amide bonds. The number of aliphatic hydroxyl groups is 1. The molecule has 3 atom stereocenters. The van der Waals surface area contributed by atoms with Crippen LogP contribution in [0.1, 0.15) is 39.5 Å². The number of hydrogen-bond acceptors (Lipinski definition) is 4. The van der Waals surface area contributed by atoms with E-state index in [9.17, 15) is 23.1 Å². The third-order valence-corrected chi connectivity index (χ3v) is 5.28. The molecule has 8 heteroatoms. The number of nitrogens with zero attached hydrogens (tertiary/aromatic N) is 1. The molecule has 0 aromatic heterocycles. The fourth-order valence-electron chi connectivity index (χ4n) is 4.04. The first-order chi connectivity index (χ1) is 12.6. The molecule has 0 bridgehead atoms. The van der Waals surface area contributed by atoms with Gasteiger partial charge in [-0.05, 0) is 63.8 Å². The first kappa shape index (κ1) is 19.9. The Morgan fingerprint density at radius 2 is 1.89 bits per heavy atom. The fraction of sp³-hybridized carbons (Fsp3) is 0.632. The number of hydrogen-bond donors (Lipinski definition) is 1. The fourth-order valence-corrected chi connectivity index (χ4v) is 4.04. The number of anilines is 1. The Hall–Kier alpha value is -1.80. The van der Waals surface area contributed by atoms with Gasteiger partial charge in [0.1, 0.15) is 5.75 Å². The number of alkyl halides is 3. The molecule has 5 nitrogen and oxygen atoms in total. The highest BCUT2D eigenvalue weighted by Crippen LogP contribution is 2.47. The zero-order chi connectivity index (χ0) is 19.8. The predicted molar refractivity (Wildman–Crippen MR) is 92.4 cm³/mol. The van der Waals surface area contributed by atoms with E-state index >= 15 is 0 Å². The van der Waals surface area contributed by atoms with Gasteiger partial charge in [-0.1, -0.05) is 0 Å². The standard InChI is InChI=1S/C19H24F3NO4/c1-12(2)26-16-11-18(8-7-15(16)24)9-10-23(17(18)25)13-3-5-14(6-4-13)27-19(20,21)22/h3-6,12,15-16,24H,7-11H2,1-2H3. The molecule has 1 saturated carbocycles. The second-order valence-corrected chi connectivity index (χ2v) is 7.56. The lowest BCUT2D eigenvalue weighted by molar-refractivity contribution is -0.274. The molecular formula is C19H24F3NO4. The van der Waals surface area contributed by atoms with Gasteiger partial charge in [0.05, 0.1) is 23.7 Å². The zero-order valence-corrected chi connectivity index (χ0v) is 15.3. The Kier molecular flexibility index (Phi) is 5.40. The highest BCUT2D eigenvalue weighted by atomic mass is 19.4. The molecular weight excluding hydrogens is 363 g/mol. The lowest BCUT2D eigenvalue weighted by atomic mass is 9.70. The van der Waals surface area contributed by atoms with Gasteiger partial charge < -0.3 is 19.5 Å². The summed E-state index contributed by atoms with van der Waals surface area (Å²) in [5.41, 5.74) is -0.0428. The highest BCUT2D eigenvalue weighted by molar-refractivity contribution is 6.00. The summed E-state index contributed by atoms with van der Waals surface area (Å²) in [5, 5.41) is 10.2. The van der Waals surface area contributed by atoms with Crippen LogP contribution in [0.3, 0.4) is 0 Å². The van der Waals surface area contributed by atoms with Crippen LogP contribution in [0, 0.1) is 5.41 Å². The average Bonchev–Trinajstić information content (AvgIpc) is 2.87. The zero-order valence-electron chi connectivity index (χ0n) is 15.3. The molecule has 1 aliphatic carbocycles. The summed E-state index contributed by atoms with van der Waals surface area (Å²) in [4.78, 5) is 14.7. The molecule has 1 N–H and O–H groups in total. The van der Waals surface area contributed by atoms with Crippen molar-refractivity contribution in [1.29, 1.82) is 0 Å². The van der Waals surface area contributed by atoms with Gasteiger partial charge in [0.25, 0.3) is 0 Å². The van der Waals surface area contributed by atoms with Crippen LogP contribution in [0.5, 0.6) is 5.75 Å². The minimum absolute atomic E-state index is 0.0476. The lowest BCUT2D eigenvalue weighted by Gasteiger charge is -2.39. The Morgan fingerprint density at radius 1 is 1.22 bits per heavy atom. The molecule has 3 rings (SSSR count). The quantitative estimate of drug-likeness (QED) is 0.857. The predicted octanol–water partition coefficient (Wildman–Crippen LogP) is 3.65. The summed E-state index contributed by atoms with van der Waals surface area (Å²) in [5.74, 6) is -0.380. The van der Waals surface area contributed by atoms with Crippen molar-refractivity contribution in [3.8, 4) is 5.75 Å².